The quantitative estimate of drug-likeness (QED) is 0.0982. The molecule has 0 amide bonds. The van der Waals surface area contributed by atoms with E-state index in [1.165, 1.54) is 24.3 Å². The molecule has 6 nitrogen and oxygen atoms in total. The topological polar surface area (TPSA) is 106 Å². The Morgan fingerprint density at radius 3 is 1.23 bits per heavy atom. The minimum absolute atomic E-state index is 0. The first-order valence-electron chi connectivity index (χ1n) is 6.27. The van der Waals surface area contributed by atoms with E-state index in [2.05, 4.69) is 22.4 Å². The number of phenolic OH excluding ortho intramolecular Hbond substituents is 2. The van der Waals surface area contributed by atoms with Crippen molar-refractivity contribution in [1.82, 2.24) is 0 Å². The molecule has 0 saturated carbocycles. The zero-order valence-corrected chi connectivity index (χ0v) is 18.2. The van der Waals surface area contributed by atoms with E-state index in [0.29, 0.717) is 22.6 Å². The van der Waals surface area contributed by atoms with Crippen molar-refractivity contribution in [3.05, 3.63) is 59.7 Å². The SMILES string of the molecule is C/C(=N\O)c1[c-]cc(O)cc1.C/C(=N\O)c1[c-]cc(O)cc1.[Cl-].[Cl-].[Pd+2].[Pd+2]. The summed E-state index contributed by atoms with van der Waals surface area (Å²) in [6.07, 6.45) is 0. The predicted octanol–water partition coefficient (Wildman–Crippen LogP) is -3.22. The summed E-state index contributed by atoms with van der Waals surface area (Å²) in [5.41, 5.74) is 2.30. The van der Waals surface area contributed by atoms with Gasteiger partial charge in [0.1, 0.15) is 0 Å². The molecule has 0 bridgehead atoms. The van der Waals surface area contributed by atoms with Crippen LogP contribution >= 0.6 is 0 Å². The van der Waals surface area contributed by atoms with Crippen molar-refractivity contribution in [2.45, 2.75) is 13.8 Å². The maximum absolute atomic E-state index is 8.88. The fourth-order valence-corrected chi connectivity index (χ4v) is 1.39. The van der Waals surface area contributed by atoms with Gasteiger partial charge >= 0.3 is 40.8 Å². The summed E-state index contributed by atoms with van der Waals surface area (Å²) in [5.74, 6) is 0.305. The van der Waals surface area contributed by atoms with Crippen molar-refractivity contribution in [3.8, 4) is 11.5 Å². The van der Waals surface area contributed by atoms with Gasteiger partial charge in [-0.3, -0.25) is 0 Å². The number of nitrogens with zero attached hydrogens (tertiary/aromatic N) is 2. The van der Waals surface area contributed by atoms with Gasteiger partial charge in [0.05, 0.1) is 0 Å². The van der Waals surface area contributed by atoms with E-state index in [4.69, 9.17) is 20.6 Å². The summed E-state index contributed by atoms with van der Waals surface area (Å²) < 4.78 is 0. The maximum atomic E-state index is 8.88. The largest absolute Gasteiger partial charge is 2.00 e. The average Bonchev–Trinajstić information content (AvgIpc) is 2.55. The van der Waals surface area contributed by atoms with E-state index < -0.39 is 0 Å². The molecule has 2 rings (SSSR count). The fourth-order valence-electron chi connectivity index (χ4n) is 1.39. The maximum Gasteiger partial charge on any atom is 2.00 e. The van der Waals surface area contributed by atoms with E-state index in [1.807, 2.05) is 0 Å². The number of aromatic hydroxyl groups is 2. The Labute approximate surface area is 192 Å². The normalized spacial score (nSPS) is 9.77. The Bertz CT molecular complexity index is 607. The van der Waals surface area contributed by atoms with Crippen molar-refractivity contribution in [1.29, 1.82) is 0 Å². The number of phenols is 2. The summed E-state index contributed by atoms with van der Waals surface area (Å²) in [7, 11) is 0. The van der Waals surface area contributed by atoms with Gasteiger partial charge in [-0.25, -0.2) is 0 Å². The Morgan fingerprint density at radius 2 is 1.04 bits per heavy atom. The number of hydrogen-bond acceptors (Lipinski definition) is 6. The van der Waals surface area contributed by atoms with E-state index in [9.17, 15) is 0 Å². The summed E-state index contributed by atoms with van der Waals surface area (Å²) in [5, 5.41) is 40.5. The Hall–Kier alpha value is -1.12. The van der Waals surface area contributed by atoms with Crippen LogP contribution in [-0.2, 0) is 40.8 Å². The predicted molar refractivity (Wildman–Crippen MR) is 81.9 cm³/mol. The van der Waals surface area contributed by atoms with Crippen molar-refractivity contribution in [2.24, 2.45) is 10.3 Å². The zero-order chi connectivity index (χ0) is 16.5. The molecule has 0 fully saturated rings. The number of oxime groups is 2. The molecule has 0 aliphatic carbocycles. The molecule has 2 aromatic carbocycles. The van der Waals surface area contributed by atoms with Gasteiger partial charge in [0.25, 0.3) is 0 Å². The molecule has 0 saturated heterocycles. The zero-order valence-electron chi connectivity index (χ0n) is 13.5. The van der Waals surface area contributed by atoms with Crippen molar-refractivity contribution in [2.75, 3.05) is 0 Å². The molecule has 148 valence electrons. The van der Waals surface area contributed by atoms with Crippen LogP contribution in [-0.4, -0.2) is 32.1 Å². The van der Waals surface area contributed by atoms with Crippen LogP contribution in [0, 0.1) is 12.1 Å². The van der Waals surface area contributed by atoms with Gasteiger partial charge in [-0.15, -0.1) is 70.0 Å². The van der Waals surface area contributed by atoms with Crippen LogP contribution in [0.25, 0.3) is 0 Å². The molecule has 10 heteroatoms. The molecule has 0 aliphatic rings. The average molecular weight is 584 g/mol. The van der Waals surface area contributed by atoms with Crippen molar-refractivity contribution >= 4 is 11.4 Å². The third kappa shape index (κ3) is 11.5. The molecular weight excluding hydrogens is 568 g/mol. The monoisotopic (exact) mass is 582 g/mol. The van der Waals surface area contributed by atoms with Gasteiger partial charge in [-0.2, -0.15) is 0 Å². The van der Waals surface area contributed by atoms with Crippen LogP contribution in [0.2, 0.25) is 0 Å². The smallest absolute Gasteiger partial charge is 1.00 e. The van der Waals surface area contributed by atoms with Gasteiger partial charge in [0.15, 0.2) is 0 Å². The summed E-state index contributed by atoms with van der Waals surface area (Å²) in [6, 6.07) is 14.6. The molecular formula is C16H16Cl2N2O4Pd2. The number of benzene rings is 2. The molecule has 0 aliphatic heterocycles. The van der Waals surface area contributed by atoms with E-state index >= 15 is 0 Å². The molecule has 0 aromatic heterocycles. The van der Waals surface area contributed by atoms with Crippen molar-refractivity contribution in [3.63, 3.8) is 0 Å². The first-order valence-corrected chi connectivity index (χ1v) is 6.27. The van der Waals surface area contributed by atoms with E-state index in [0.717, 1.165) is 0 Å². The molecule has 26 heavy (non-hydrogen) atoms. The Balaban J connectivity index is -0.000000161. The second-order valence-corrected chi connectivity index (χ2v) is 4.29. The molecule has 0 heterocycles. The summed E-state index contributed by atoms with van der Waals surface area (Å²) in [4.78, 5) is 0. The van der Waals surface area contributed by atoms with Gasteiger partial charge in [-0.05, 0) is 0 Å². The van der Waals surface area contributed by atoms with E-state index in [-0.39, 0.29) is 77.2 Å². The third-order valence-electron chi connectivity index (χ3n) is 2.67. The number of halogens is 2. The van der Waals surface area contributed by atoms with Crippen LogP contribution in [0.4, 0.5) is 0 Å². The number of hydrogen-bond donors (Lipinski definition) is 4. The Kier molecular flexibility index (Phi) is 21.7. The second-order valence-electron chi connectivity index (χ2n) is 4.29. The molecule has 0 unspecified atom stereocenters. The van der Waals surface area contributed by atoms with Crippen LogP contribution in [0.3, 0.4) is 0 Å². The van der Waals surface area contributed by atoms with Gasteiger partial charge < -0.3 is 45.4 Å². The molecule has 4 N–H and O–H groups in total. The second kappa shape index (κ2) is 17.3. The van der Waals surface area contributed by atoms with Gasteiger partial charge in [0, 0.05) is 22.9 Å². The molecule has 2 aromatic rings. The van der Waals surface area contributed by atoms with E-state index in [1.54, 1.807) is 26.0 Å². The summed E-state index contributed by atoms with van der Waals surface area (Å²) >= 11 is 0. The van der Waals surface area contributed by atoms with Gasteiger partial charge in [0.2, 0.25) is 0 Å². The molecule has 0 spiro atoms. The summed E-state index contributed by atoms with van der Waals surface area (Å²) in [6.45, 7) is 3.31. The minimum Gasteiger partial charge on any atom is -1.00 e. The van der Waals surface area contributed by atoms with Crippen LogP contribution < -0.4 is 24.8 Å². The standard InChI is InChI=1S/2C8H8NO2.2ClH.2Pd/c2*1-6(9-11)7-2-4-8(10)5-3-7;;;;/h2*2,4-5,10-11H,1H3;2*1H;;/q2*-1;;;2*+2/p-2/b2*9-6+;;;;. The van der Waals surface area contributed by atoms with Gasteiger partial charge in [-0.1, -0.05) is 13.8 Å². The minimum atomic E-state index is 0. The molecule has 0 atom stereocenters. The third-order valence-corrected chi connectivity index (χ3v) is 2.67. The molecule has 0 radical (unpaired) electrons. The van der Waals surface area contributed by atoms with Crippen LogP contribution in [0.15, 0.2) is 46.7 Å². The Morgan fingerprint density at radius 1 is 0.731 bits per heavy atom. The fraction of sp³-hybridized carbons (Fsp3) is 0.125. The number of rotatable bonds is 2. The van der Waals surface area contributed by atoms with Crippen LogP contribution in [0.1, 0.15) is 25.0 Å². The van der Waals surface area contributed by atoms with Crippen LogP contribution in [0.5, 0.6) is 11.5 Å². The first kappa shape index (κ1) is 32.5. The first-order chi connectivity index (χ1) is 10.5. The van der Waals surface area contributed by atoms with Crippen molar-refractivity contribution < 1.29 is 86.3 Å².